The second-order valence-electron chi connectivity index (χ2n) is 11.2. The molecule has 1 aliphatic heterocycles. The average molecular weight is 558 g/mol. The molecule has 1 spiro atoms. The van der Waals surface area contributed by atoms with Crippen LogP contribution in [0, 0.1) is 11.3 Å². The van der Waals surface area contributed by atoms with Gasteiger partial charge in [-0.2, -0.15) is 10.2 Å². The van der Waals surface area contributed by atoms with Gasteiger partial charge in [0, 0.05) is 35.0 Å². The summed E-state index contributed by atoms with van der Waals surface area (Å²) in [5.41, 5.74) is 10.7. The number of nitrogen functional groups attached to an aromatic ring is 1. The van der Waals surface area contributed by atoms with Crippen LogP contribution < -0.4 is 10.5 Å². The van der Waals surface area contributed by atoms with E-state index >= 15 is 0 Å². The number of hydrogen-bond donors (Lipinski definition) is 1. The molecule has 5 heterocycles. The van der Waals surface area contributed by atoms with Crippen LogP contribution >= 0.6 is 11.3 Å². The first-order valence-electron chi connectivity index (χ1n) is 13.9. The van der Waals surface area contributed by atoms with Crippen molar-refractivity contribution in [3.8, 4) is 34.9 Å². The smallest absolute Gasteiger partial charge is 0.217 e. The number of likely N-dealkylation sites (tertiary alicyclic amines) is 1. The molecule has 11 nitrogen and oxygen atoms in total. The summed E-state index contributed by atoms with van der Waals surface area (Å²) in [7, 11) is 3.95. The lowest BCUT2D eigenvalue weighted by Gasteiger charge is -2.39. The molecule has 1 fully saturated rings. The molecule has 0 aromatic carbocycles. The van der Waals surface area contributed by atoms with Gasteiger partial charge >= 0.3 is 0 Å². The van der Waals surface area contributed by atoms with E-state index in [-0.39, 0.29) is 5.41 Å². The van der Waals surface area contributed by atoms with Crippen molar-refractivity contribution in [2.75, 3.05) is 25.9 Å². The minimum Gasteiger partial charge on any atom is -0.476 e. The highest BCUT2D eigenvalue weighted by Crippen LogP contribution is 2.54. The number of nitrogens with zero attached hydrogens (tertiary/aromatic N) is 8. The zero-order chi connectivity index (χ0) is 27.4. The topological polar surface area (TPSA) is 145 Å². The molecule has 3 aliphatic rings. The van der Waals surface area contributed by atoms with Gasteiger partial charge in [0.1, 0.15) is 29.1 Å². The summed E-state index contributed by atoms with van der Waals surface area (Å²) in [6.07, 6.45) is 9.61. The molecule has 2 aliphatic carbocycles. The van der Waals surface area contributed by atoms with Gasteiger partial charge in [-0.15, -0.1) is 16.4 Å². The molecule has 206 valence electrons. The van der Waals surface area contributed by atoms with Gasteiger partial charge in [0.2, 0.25) is 17.5 Å². The van der Waals surface area contributed by atoms with Gasteiger partial charge in [0.05, 0.1) is 17.5 Å². The Labute approximate surface area is 236 Å². The average Bonchev–Trinajstić information content (AvgIpc) is 3.74. The molecule has 40 heavy (non-hydrogen) atoms. The summed E-state index contributed by atoms with van der Waals surface area (Å²) in [6.45, 7) is 1.62. The van der Waals surface area contributed by atoms with E-state index < -0.39 is 0 Å². The van der Waals surface area contributed by atoms with Gasteiger partial charge in [0.25, 0.3) is 0 Å². The molecule has 0 amide bonds. The lowest BCUT2D eigenvalue weighted by molar-refractivity contribution is 0.193. The molecule has 7 rings (SSSR count). The lowest BCUT2D eigenvalue weighted by Crippen LogP contribution is -2.36. The Balaban J connectivity index is 1.32. The number of likely N-dealkylation sites (N-methyl/N-ethyl adjacent to an activating group) is 1. The molecule has 12 heteroatoms. The molecule has 4 aromatic heterocycles. The molecule has 2 N–H and O–H groups in total. The van der Waals surface area contributed by atoms with Gasteiger partial charge in [-0.3, -0.25) is 4.68 Å². The lowest BCUT2D eigenvalue weighted by atomic mass is 9.62. The fourth-order valence-electron chi connectivity index (χ4n) is 6.80. The minimum atomic E-state index is -0.378. The third-order valence-corrected chi connectivity index (χ3v) is 9.82. The van der Waals surface area contributed by atoms with Gasteiger partial charge < -0.3 is 19.9 Å². The third-order valence-electron chi connectivity index (χ3n) is 8.74. The van der Waals surface area contributed by atoms with E-state index in [0.717, 1.165) is 68.3 Å². The van der Waals surface area contributed by atoms with E-state index in [0.29, 0.717) is 52.1 Å². The summed E-state index contributed by atoms with van der Waals surface area (Å²) in [5.74, 6) is 1.44. The Hall–Kier alpha value is -3.82. The Morgan fingerprint density at radius 3 is 2.80 bits per heavy atom. The van der Waals surface area contributed by atoms with Crippen LogP contribution in [0.25, 0.3) is 23.0 Å². The van der Waals surface area contributed by atoms with E-state index in [2.05, 4.69) is 33.5 Å². The SMILES string of the molecule is CN1CCC[C@H]1COc1cc(-c2cn(C)nn2)nc(-c2onc3c2CCC[C@@]32CCCc3sc(N)c(C#N)c32)n1. The fraction of sp³-hybridized carbons (Fsp3) is 0.500. The summed E-state index contributed by atoms with van der Waals surface area (Å²) >= 11 is 1.54. The number of fused-ring (bicyclic) bond motifs is 4. The number of hydrogen-bond acceptors (Lipinski definition) is 11. The van der Waals surface area contributed by atoms with Crippen LogP contribution in [0.2, 0.25) is 0 Å². The van der Waals surface area contributed by atoms with Crippen molar-refractivity contribution in [1.82, 2.24) is 35.0 Å². The highest BCUT2D eigenvalue weighted by Gasteiger charge is 2.48. The van der Waals surface area contributed by atoms with E-state index in [1.165, 1.54) is 11.3 Å². The quantitative estimate of drug-likeness (QED) is 0.384. The third kappa shape index (κ3) is 3.98. The van der Waals surface area contributed by atoms with Crippen molar-refractivity contribution in [3.63, 3.8) is 0 Å². The molecular weight excluding hydrogens is 526 g/mol. The van der Waals surface area contributed by atoms with Crippen LogP contribution in [0.3, 0.4) is 0 Å². The maximum atomic E-state index is 10.0. The van der Waals surface area contributed by atoms with Crippen LogP contribution in [0.1, 0.15) is 65.8 Å². The number of anilines is 1. The minimum absolute atomic E-state index is 0.351. The first-order valence-corrected chi connectivity index (χ1v) is 14.7. The molecular formula is C28H31N9O2S. The van der Waals surface area contributed by atoms with E-state index in [4.69, 9.17) is 25.0 Å². The second-order valence-corrected chi connectivity index (χ2v) is 12.3. The van der Waals surface area contributed by atoms with Crippen molar-refractivity contribution >= 4 is 16.3 Å². The summed E-state index contributed by atoms with van der Waals surface area (Å²) in [4.78, 5) is 13.2. The summed E-state index contributed by atoms with van der Waals surface area (Å²) in [5, 5.41) is 23.6. The number of ether oxygens (including phenoxy) is 1. The van der Waals surface area contributed by atoms with Gasteiger partial charge in [-0.25, -0.2) is 4.98 Å². The first-order chi connectivity index (χ1) is 19.5. The molecule has 4 aromatic rings. The standard InChI is InChI=1S/C28H31N9O2S/c1-36-11-5-6-16(36)15-38-22-12-19(20-14-37(2)35-33-20)31-27(32-22)24-17-7-3-9-28(25(17)34-39-24)10-4-8-21-23(28)18(13-29)26(30)40-21/h12,14,16H,3-11,15,30H2,1-2H3/t16-,28-/m0/s1. The number of aromatic nitrogens is 6. The van der Waals surface area contributed by atoms with E-state index in [1.54, 1.807) is 16.0 Å². The molecule has 0 radical (unpaired) electrons. The van der Waals surface area contributed by atoms with Crippen LogP contribution in [-0.2, 0) is 25.3 Å². The van der Waals surface area contributed by atoms with Crippen molar-refractivity contribution in [3.05, 3.63) is 39.5 Å². The highest BCUT2D eigenvalue weighted by atomic mass is 32.1. The predicted octanol–water partition coefficient (Wildman–Crippen LogP) is 3.87. The number of rotatable bonds is 5. The van der Waals surface area contributed by atoms with E-state index in [9.17, 15) is 5.26 Å². The van der Waals surface area contributed by atoms with E-state index in [1.807, 2.05) is 19.3 Å². The number of nitrogens with two attached hydrogens (primary N) is 1. The summed E-state index contributed by atoms with van der Waals surface area (Å²) < 4.78 is 14.0. The van der Waals surface area contributed by atoms with Crippen molar-refractivity contribution in [1.29, 1.82) is 5.26 Å². The van der Waals surface area contributed by atoms with Gasteiger partial charge in [-0.05, 0) is 70.5 Å². The number of thiophene rings is 1. The molecule has 2 atom stereocenters. The predicted molar refractivity (Wildman–Crippen MR) is 149 cm³/mol. The Morgan fingerprint density at radius 1 is 1.20 bits per heavy atom. The monoisotopic (exact) mass is 557 g/mol. The zero-order valence-electron chi connectivity index (χ0n) is 22.7. The van der Waals surface area contributed by atoms with Crippen LogP contribution in [0.5, 0.6) is 5.88 Å². The van der Waals surface area contributed by atoms with Crippen LogP contribution in [0.4, 0.5) is 5.00 Å². The first kappa shape index (κ1) is 25.2. The molecule has 1 saturated heterocycles. The largest absolute Gasteiger partial charge is 0.476 e. The number of aryl methyl sites for hydroxylation is 2. The van der Waals surface area contributed by atoms with Crippen LogP contribution in [0.15, 0.2) is 16.8 Å². The van der Waals surface area contributed by atoms with Crippen molar-refractivity contribution in [2.45, 2.75) is 62.8 Å². The summed E-state index contributed by atoms with van der Waals surface area (Å²) in [6, 6.07) is 4.55. The Kier molecular flexibility index (Phi) is 6.09. The molecule has 0 unspecified atom stereocenters. The second kappa shape index (κ2) is 9.67. The Bertz CT molecular complexity index is 1630. The normalized spacial score (nSPS) is 22.3. The van der Waals surface area contributed by atoms with Crippen LogP contribution in [-0.4, -0.2) is 61.3 Å². The van der Waals surface area contributed by atoms with Crippen molar-refractivity contribution in [2.24, 2.45) is 7.05 Å². The number of nitriles is 1. The van der Waals surface area contributed by atoms with Crippen molar-refractivity contribution < 1.29 is 9.26 Å². The fourth-order valence-corrected chi connectivity index (χ4v) is 7.96. The highest BCUT2D eigenvalue weighted by molar-refractivity contribution is 7.16. The molecule has 0 saturated carbocycles. The zero-order valence-corrected chi connectivity index (χ0v) is 23.5. The van der Waals surface area contributed by atoms with Gasteiger partial charge in [-0.1, -0.05) is 10.4 Å². The van der Waals surface area contributed by atoms with Gasteiger partial charge in [0.15, 0.2) is 0 Å². The Morgan fingerprint density at radius 2 is 2.05 bits per heavy atom. The maximum Gasteiger partial charge on any atom is 0.217 e. The molecule has 0 bridgehead atoms. The maximum absolute atomic E-state index is 10.0.